The lowest BCUT2D eigenvalue weighted by Gasteiger charge is -2.38. The van der Waals surface area contributed by atoms with Crippen LogP contribution in [0.25, 0.3) is 0 Å². The van der Waals surface area contributed by atoms with Crippen LogP contribution >= 0.6 is 11.6 Å². The molecule has 1 saturated carbocycles. The molecule has 1 aromatic rings. The summed E-state index contributed by atoms with van der Waals surface area (Å²) in [6, 6.07) is 4.74. The largest absolute Gasteiger partial charge is 0.471 e. The smallest absolute Gasteiger partial charge is 0.189 e. The van der Waals surface area contributed by atoms with E-state index in [1.54, 1.807) is 6.07 Å². The fourth-order valence-corrected chi connectivity index (χ4v) is 2.92. The maximum atomic E-state index is 13.7. The number of ether oxygens (including phenoxy) is 1. The van der Waals surface area contributed by atoms with Crippen LogP contribution in [-0.4, -0.2) is 18.7 Å². The Morgan fingerprint density at radius 1 is 1.47 bits per heavy atom. The van der Waals surface area contributed by atoms with Gasteiger partial charge in [0.25, 0.3) is 0 Å². The Morgan fingerprint density at radius 3 is 2.89 bits per heavy atom. The maximum absolute atomic E-state index is 13.7. The van der Waals surface area contributed by atoms with Crippen LogP contribution in [0.15, 0.2) is 12.1 Å². The Balaban J connectivity index is 1.99. The standard InChI is InChI=1S/C14H14ClFN2O/c15-13-8-18(7-9-2-1-3-9)14-10(6-17)11(16)4-5-12(14)19-13/h4-5,9,13H,1-3,7-8H2. The molecule has 0 saturated heterocycles. The van der Waals surface area contributed by atoms with Gasteiger partial charge in [-0.3, -0.25) is 0 Å². The van der Waals surface area contributed by atoms with Gasteiger partial charge < -0.3 is 9.64 Å². The summed E-state index contributed by atoms with van der Waals surface area (Å²) in [7, 11) is 0. The highest BCUT2D eigenvalue weighted by atomic mass is 35.5. The van der Waals surface area contributed by atoms with Gasteiger partial charge in [0, 0.05) is 6.54 Å². The zero-order valence-corrected chi connectivity index (χ0v) is 11.2. The first-order valence-electron chi connectivity index (χ1n) is 6.47. The Bertz CT molecular complexity index is 539. The molecule has 1 unspecified atom stereocenters. The van der Waals surface area contributed by atoms with Gasteiger partial charge in [-0.25, -0.2) is 4.39 Å². The minimum atomic E-state index is -0.503. The van der Waals surface area contributed by atoms with Crippen LogP contribution in [-0.2, 0) is 0 Å². The molecular weight excluding hydrogens is 267 g/mol. The summed E-state index contributed by atoms with van der Waals surface area (Å²) < 4.78 is 19.2. The van der Waals surface area contributed by atoms with Crippen LogP contribution in [0.3, 0.4) is 0 Å². The topological polar surface area (TPSA) is 36.3 Å². The van der Waals surface area contributed by atoms with Crippen molar-refractivity contribution in [2.24, 2.45) is 5.92 Å². The van der Waals surface area contributed by atoms with Gasteiger partial charge in [0.1, 0.15) is 28.9 Å². The zero-order chi connectivity index (χ0) is 13.4. The average Bonchev–Trinajstić information content (AvgIpc) is 2.34. The van der Waals surface area contributed by atoms with Gasteiger partial charge in [-0.05, 0) is 30.9 Å². The number of benzene rings is 1. The second-order valence-corrected chi connectivity index (χ2v) is 5.60. The summed E-state index contributed by atoms with van der Waals surface area (Å²) in [5.41, 5.74) is 0.163. The minimum Gasteiger partial charge on any atom is -0.471 e. The molecule has 1 heterocycles. The van der Waals surface area contributed by atoms with Gasteiger partial charge in [-0.2, -0.15) is 5.26 Å². The van der Waals surface area contributed by atoms with E-state index in [1.807, 2.05) is 11.0 Å². The van der Waals surface area contributed by atoms with Crippen LogP contribution in [0.1, 0.15) is 24.8 Å². The van der Waals surface area contributed by atoms with E-state index < -0.39 is 11.4 Å². The van der Waals surface area contributed by atoms with Crippen molar-refractivity contribution in [1.82, 2.24) is 0 Å². The summed E-state index contributed by atoms with van der Waals surface area (Å²) in [6.07, 6.45) is 3.63. The minimum absolute atomic E-state index is 0.0559. The lowest BCUT2D eigenvalue weighted by molar-refractivity contribution is 0.252. The van der Waals surface area contributed by atoms with E-state index in [0.717, 1.165) is 6.54 Å². The van der Waals surface area contributed by atoms with Crippen molar-refractivity contribution in [3.05, 3.63) is 23.5 Å². The fourth-order valence-electron chi connectivity index (χ4n) is 2.66. The molecule has 0 aromatic heterocycles. The van der Waals surface area contributed by atoms with Crippen molar-refractivity contribution < 1.29 is 9.13 Å². The van der Waals surface area contributed by atoms with E-state index >= 15 is 0 Å². The van der Waals surface area contributed by atoms with Crippen LogP contribution in [0.5, 0.6) is 5.75 Å². The molecule has 5 heteroatoms. The Labute approximate surface area is 116 Å². The molecule has 1 aromatic carbocycles. The Morgan fingerprint density at radius 2 is 2.26 bits per heavy atom. The van der Waals surface area contributed by atoms with Crippen LogP contribution in [0, 0.1) is 23.1 Å². The second kappa shape index (κ2) is 4.90. The number of halogens is 2. The Hall–Kier alpha value is -1.47. The maximum Gasteiger partial charge on any atom is 0.189 e. The number of rotatable bonds is 2. The summed E-state index contributed by atoms with van der Waals surface area (Å²) in [5, 5.41) is 9.16. The molecule has 19 heavy (non-hydrogen) atoms. The molecule has 100 valence electrons. The number of alkyl halides is 1. The van der Waals surface area contributed by atoms with Crippen molar-refractivity contribution in [3.8, 4) is 11.8 Å². The van der Waals surface area contributed by atoms with Crippen molar-refractivity contribution >= 4 is 17.3 Å². The van der Waals surface area contributed by atoms with Gasteiger partial charge in [0.2, 0.25) is 0 Å². The number of hydrogen-bond donors (Lipinski definition) is 0. The zero-order valence-electron chi connectivity index (χ0n) is 10.4. The summed E-state index contributed by atoms with van der Waals surface area (Å²) in [4.78, 5) is 2.00. The predicted molar refractivity (Wildman–Crippen MR) is 70.9 cm³/mol. The monoisotopic (exact) mass is 280 g/mol. The highest BCUT2D eigenvalue weighted by Gasteiger charge is 2.31. The predicted octanol–water partition coefficient (Wildman–Crippen LogP) is 3.26. The van der Waals surface area contributed by atoms with E-state index in [4.69, 9.17) is 21.6 Å². The molecule has 0 radical (unpaired) electrons. The van der Waals surface area contributed by atoms with E-state index in [1.165, 1.54) is 25.3 Å². The molecule has 1 atom stereocenters. The molecule has 3 rings (SSSR count). The summed E-state index contributed by atoms with van der Waals surface area (Å²) in [5.74, 6) is 0.615. The molecule has 2 aliphatic rings. The SMILES string of the molecule is N#Cc1c(F)ccc2c1N(CC1CCC1)CC(Cl)O2. The van der Waals surface area contributed by atoms with Crippen molar-refractivity contribution in [2.45, 2.75) is 24.8 Å². The average molecular weight is 281 g/mol. The van der Waals surface area contributed by atoms with Crippen LogP contribution in [0.4, 0.5) is 10.1 Å². The molecule has 1 aliphatic heterocycles. The first-order valence-corrected chi connectivity index (χ1v) is 6.91. The third kappa shape index (κ3) is 2.23. The number of nitrogens with zero attached hydrogens (tertiary/aromatic N) is 2. The molecule has 0 bridgehead atoms. The highest BCUT2D eigenvalue weighted by Crippen LogP contribution is 2.40. The quantitative estimate of drug-likeness (QED) is 0.780. The third-order valence-electron chi connectivity index (χ3n) is 3.84. The van der Waals surface area contributed by atoms with E-state index in [-0.39, 0.29) is 5.56 Å². The summed E-state index contributed by atoms with van der Waals surface area (Å²) >= 11 is 6.08. The van der Waals surface area contributed by atoms with Gasteiger partial charge >= 0.3 is 0 Å². The van der Waals surface area contributed by atoms with Gasteiger partial charge in [-0.1, -0.05) is 18.0 Å². The fraction of sp³-hybridized carbons (Fsp3) is 0.500. The van der Waals surface area contributed by atoms with Crippen molar-refractivity contribution in [3.63, 3.8) is 0 Å². The van der Waals surface area contributed by atoms with Crippen LogP contribution in [0.2, 0.25) is 0 Å². The molecule has 1 aliphatic carbocycles. The lowest BCUT2D eigenvalue weighted by atomic mass is 9.85. The Kier molecular flexibility index (Phi) is 3.24. The number of nitriles is 1. The number of fused-ring (bicyclic) bond motifs is 1. The van der Waals surface area contributed by atoms with Crippen molar-refractivity contribution in [1.29, 1.82) is 5.26 Å². The molecule has 0 N–H and O–H groups in total. The first kappa shape index (κ1) is 12.6. The van der Waals surface area contributed by atoms with Crippen LogP contribution < -0.4 is 9.64 Å². The van der Waals surface area contributed by atoms with Gasteiger partial charge in [0.15, 0.2) is 5.56 Å². The van der Waals surface area contributed by atoms with Gasteiger partial charge in [-0.15, -0.1) is 0 Å². The molecule has 3 nitrogen and oxygen atoms in total. The van der Waals surface area contributed by atoms with E-state index in [0.29, 0.717) is 23.9 Å². The normalized spacial score (nSPS) is 22.2. The molecular formula is C14H14ClFN2O. The van der Waals surface area contributed by atoms with Gasteiger partial charge in [0.05, 0.1) is 6.54 Å². The van der Waals surface area contributed by atoms with E-state index in [2.05, 4.69) is 0 Å². The molecule has 1 fully saturated rings. The number of hydrogen-bond acceptors (Lipinski definition) is 3. The van der Waals surface area contributed by atoms with Crippen molar-refractivity contribution in [2.75, 3.05) is 18.0 Å². The number of anilines is 1. The molecule has 0 spiro atoms. The first-order chi connectivity index (χ1) is 9.19. The molecule has 0 amide bonds. The summed E-state index contributed by atoms with van der Waals surface area (Å²) in [6.45, 7) is 1.31. The lowest BCUT2D eigenvalue weighted by Crippen LogP contribution is -2.42. The highest BCUT2D eigenvalue weighted by molar-refractivity contribution is 6.20. The second-order valence-electron chi connectivity index (χ2n) is 5.11. The van der Waals surface area contributed by atoms with E-state index in [9.17, 15) is 4.39 Å². The third-order valence-corrected chi connectivity index (χ3v) is 4.07.